The first-order valence-corrected chi connectivity index (χ1v) is 33.6. The molecular weight excluding hydrogens is 1100 g/mol. The highest BCUT2D eigenvalue weighted by Gasteiger charge is 2.70. The summed E-state index contributed by atoms with van der Waals surface area (Å²) in [5.41, 5.74) is -3.75. The molecule has 1 unspecified atom stereocenters. The van der Waals surface area contributed by atoms with E-state index in [1.807, 2.05) is 36.4 Å². The molecule has 0 amide bonds. The fourth-order valence-corrected chi connectivity index (χ4v) is 23.6. The maximum atomic E-state index is 11.7. The Labute approximate surface area is 523 Å². The van der Waals surface area contributed by atoms with Gasteiger partial charge >= 0.3 is 0 Å². The summed E-state index contributed by atoms with van der Waals surface area (Å²) >= 11 is 0. The van der Waals surface area contributed by atoms with E-state index in [2.05, 4.69) is 55.4 Å². The van der Waals surface area contributed by atoms with Gasteiger partial charge in [0.25, 0.3) is 0 Å². The van der Waals surface area contributed by atoms with Crippen molar-refractivity contribution in [2.75, 3.05) is 26.4 Å². The molecule has 10 fully saturated rings. The lowest BCUT2D eigenvalue weighted by Gasteiger charge is -2.64. The second-order valence-electron chi connectivity index (χ2n) is 32.0. The Morgan fingerprint density at radius 1 is 0.391 bits per heavy atom. The summed E-state index contributed by atoms with van der Waals surface area (Å²) in [6.07, 6.45) is 22.8. The van der Waals surface area contributed by atoms with Gasteiger partial charge in [-0.25, -0.2) is 0 Å². The van der Waals surface area contributed by atoms with Crippen LogP contribution in [0.1, 0.15) is 230 Å². The molecule has 10 saturated carbocycles. The SMILES string of the molecule is C.C.C.C[C@H]1CC[C@@]2(C)[C@H](C1)[C@@H](O)[C@H](O)C1[C@@H]2CC[C@@]2(C)[C@H]1CC[C@@]2(O)c1ccco1.C[C@H]1CC[C@](C)([C@H]2CC[C@@]3(C)[C@@H](CC[C@@]3(O)c3ccco3)[C@@H]2CO)[C@@H](CO)C1.C[C@]1([C@H]2CC[C@@]3(C)[C@@H](CC[C@@]3(O)c3ccco3)[C@@H]2CO)CC[C@H](O)C[C@@H]1CO. The summed E-state index contributed by atoms with van der Waals surface area (Å²) in [5.74, 6) is 6.02. The third kappa shape index (κ3) is 10.7. The van der Waals surface area contributed by atoms with Gasteiger partial charge in [0.2, 0.25) is 0 Å². The van der Waals surface area contributed by atoms with Gasteiger partial charge in [-0.1, -0.05) is 90.5 Å². The topological polar surface area (TPSA) is 242 Å². The molecule has 13 nitrogen and oxygen atoms in total. The molecule has 0 aliphatic heterocycles. The fraction of sp³-hybridized carbons (Fsp3) is 0.838. The number of aliphatic hydroxyl groups excluding tert-OH is 7. The number of hydrogen-bond donors (Lipinski definition) is 10. The average Bonchev–Trinajstić information content (AvgIpc) is 1.69. The molecule has 496 valence electrons. The molecule has 3 aromatic heterocycles. The summed E-state index contributed by atoms with van der Waals surface area (Å²) in [4.78, 5) is 0. The zero-order chi connectivity index (χ0) is 60.2. The van der Waals surface area contributed by atoms with Gasteiger partial charge in [0.05, 0.1) is 37.1 Å². The lowest BCUT2D eigenvalue weighted by atomic mass is 9.42. The molecule has 10 aliphatic rings. The first kappa shape index (κ1) is 70.3. The third-order valence-electron chi connectivity index (χ3n) is 29.0. The van der Waals surface area contributed by atoms with E-state index in [4.69, 9.17) is 13.3 Å². The minimum atomic E-state index is -0.987. The summed E-state index contributed by atoms with van der Waals surface area (Å²) in [6.45, 7) is 18.8. The van der Waals surface area contributed by atoms with Gasteiger partial charge in [-0.15, -0.1) is 0 Å². The predicted molar refractivity (Wildman–Crippen MR) is 340 cm³/mol. The summed E-state index contributed by atoms with van der Waals surface area (Å²) in [5, 5.41) is 109. The van der Waals surface area contributed by atoms with Crippen LogP contribution in [0.25, 0.3) is 0 Å². The van der Waals surface area contributed by atoms with Crippen LogP contribution in [-0.4, -0.2) is 95.8 Å². The Morgan fingerprint density at radius 2 is 0.759 bits per heavy atom. The van der Waals surface area contributed by atoms with Crippen molar-refractivity contribution in [1.29, 1.82) is 0 Å². The van der Waals surface area contributed by atoms with Crippen molar-refractivity contribution in [1.82, 2.24) is 0 Å². The first-order chi connectivity index (χ1) is 39.8. The van der Waals surface area contributed by atoms with Crippen molar-refractivity contribution in [2.24, 2.45) is 115 Å². The molecule has 0 radical (unpaired) electrons. The summed E-state index contributed by atoms with van der Waals surface area (Å²) < 4.78 is 17.0. The van der Waals surface area contributed by atoms with Crippen LogP contribution < -0.4 is 0 Å². The Kier molecular flexibility index (Phi) is 20.8. The minimum Gasteiger partial charge on any atom is -0.466 e. The van der Waals surface area contributed by atoms with E-state index in [1.54, 1.807) is 18.8 Å². The van der Waals surface area contributed by atoms with Gasteiger partial charge in [-0.3, -0.25) is 0 Å². The number of fused-ring (bicyclic) bond motifs is 7. The van der Waals surface area contributed by atoms with Crippen molar-refractivity contribution in [3.05, 3.63) is 72.5 Å². The van der Waals surface area contributed by atoms with Crippen molar-refractivity contribution in [3.63, 3.8) is 0 Å². The molecule has 0 spiro atoms. The molecule has 10 N–H and O–H groups in total. The van der Waals surface area contributed by atoms with E-state index >= 15 is 0 Å². The fourth-order valence-electron chi connectivity index (χ4n) is 23.6. The zero-order valence-electron chi connectivity index (χ0n) is 52.4. The Bertz CT molecular complexity index is 2510. The second-order valence-corrected chi connectivity index (χ2v) is 32.0. The lowest BCUT2D eigenvalue weighted by molar-refractivity contribution is -0.231. The van der Waals surface area contributed by atoms with E-state index in [0.29, 0.717) is 78.5 Å². The van der Waals surface area contributed by atoms with E-state index in [-0.39, 0.29) is 135 Å². The summed E-state index contributed by atoms with van der Waals surface area (Å²) in [7, 11) is 0. The molecule has 0 aromatic carbocycles. The van der Waals surface area contributed by atoms with E-state index < -0.39 is 29.0 Å². The quantitative estimate of drug-likeness (QED) is 0.0960. The molecule has 3 heterocycles. The van der Waals surface area contributed by atoms with Gasteiger partial charge in [-0.05, 0) is 257 Å². The zero-order valence-corrected chi connectivity index (χ0v) is 52.4. The smallest absolute Gasteiger partial charge is 0.135 e. The van der Waals surface area contributed by atoms with Crippen LogP contribution in [0.5, 0.6) is 0 Å². The predicted octanol–water partition coefficient (Wildman–Crippen LogP) is 13.4. The monoisotopic (exact) mass is 1220 g/mol. The molecule has 10 aliphatic carbocycles. The van der Waals surface area contributed by atoms with Crippen LogP contribution in [-0.2, 0) is 16.8 Å². The van der Waals surface area contributed by atoms with Crippen LogP contribution in [0, 0.1) is 115 Å². The van der Waals surface area contributed by atoms with Crippen LogP contribution in [0.15, 0.2) is 68.4 Å². The van der Waals surface area contributed by atoms with Gasteiger partial charge in [0.1, 0.15) is 34.1 Å². The average molecular weight is 1220 g/mol. The van der Waals surface area contributed by atoms with Crippen molar-refractivity contribution in [2.45, 2.75) is 248 Å². The normalized spacial score (nSPS) is 49.7. The Hall–Kier alpha value is -2.56. The standard InChI is InChI=1S/C24H36O4.C24H38O4.C23H36O5.3CH4/c1-14-6-9-22(2)15-7-10-23(3)16(19(15)21(26)20(25)17(22)13-14)8-11-24(23,27)18-5-4-12-28-18;1-16-6-9-22(2,17(13-16)14-25)19-7-10-23(3)20(18(19)15-26)8-11-24(23,27)21-5-4-12-28-21;1-21(8-5-16(26)12-15(21)13-24)18-6-9-22(2)19(17(18)14-25)7-10-23(22,27)20-4-3-11-28-20;;;/h4-5,12,14-17,19-21,25-27H,6-11,13H2,1-3H3;4-5,12,16-20,25-27H,6-11,13-15H2,1-3H3;3-4,11,15-19,24-27H,5-10,12-14H2,1-2H3;3*1H4/t14-,15-,16-,17+,19?,20+,21+,22+,23-,24+;16-,17+,18+,19-,20-,22-,23-,24+;15-,16+,17-,18+,19+,21+,22+,23-;;;/m001.../s1. The second kappa shape index (κ2) is 25.7. The molecular formula is C74H122O13. The van der Waals surface area contributed by atoms with Crippen molar-refractivity contribution in [3.8, 4) is 0 Å². The van der Waals surface area contributed by atoms with Gasteiger partial charge in [-0.2, -0.15) is 0 Å². The first-order valence-electron chi connectivity index (χ1n) is 33.6. The highest BCUT2D eigenvalue weighted by molar-refractivity contribution is 5.26. The largest absolute Gasteiger partial charge is 0.466 e. The Morgan fingerprint density at radius 3 is 1.17 bits per heavy atom. The molecule has 87 heavy (non-hydrogen) atoms. The van der Waals surface area contributed by atoms with E-state index in [1.165, 1.54) is 12.8 Å². The van der Waals surface area contributed by atoms with Gasteiger partial charge in [0.15, 0.2) is 0 Å². The van der Waals surface area contributed by atoms with Gasteiger partial charge < -0.3 is 64.3 Å². The number of aliphatic hydroxyl groups is 10. The van der Waals surface area contributed by atoms with Crippen LogP contribution >= 0.6 is 0 Å². The molecule has 3 aromatic rings. The van der Waals surface area contributed by atoms with E-state index in [0.717, 1.165) is 96.3 Å². The van der Waals surface area contributed by atoms with Crippen molar-refractivity contribution < 1.29 is 64.3 Å². The third-order valence-corrected chi connectivity index (χ3v) is 29.0. The number of furan rings is 3. The van der Waals surface area contributed by atoms with E-state index in [9.17, 15) is 51.1 Å². The molecule has 13 rings (SSSR count). The van der Waals surface area contributed by atoms with Crippen LogP contribution in [0.3, 0.4) is 0 Å². The molecule has 26 atom stereocenters. The maximum absolute atomic E-state index is 11.7. The number of rotatable bonds is 9. The lowest BCUT2D eigenvalue weighted by Crippen LogP contribution is -2.64. The van der Waals surface area contributed by atoms with Gasteiger partial charge in [0, 0.05) is 42.7 Å². The summed E-state index contributed by atoms with van der Waals surface area (Å²) in [6, 6.07) is 11.2. The minimum absolute atomic E-state index is 0. The number of hydrogen-bond acceptors (Lipinski definition) is 13. The highest BCUT2D eigenvalue weighted by Crippen LogP contribution is 2.72. The maximum Gasteiger partial charge on any atom is 0.135 e. The van der Waals surface area contributed by atoms with Crippen LogP contribution in [0.4, 0.5) is 0 Å². The van der Waals surface area contributed by atoms with Crippen molar-refractivity contribution >= 4 is 0 Å². The Balaban J connectivity index is 0.000000166. The molecule has 0 bridgehead atoms. The molecule has 13 heteroatoms. The van der Waals surface area contributed by atoms with Crippen LogP contribution in [0.2, 0.25) is 0 Å². The highest BCUT2D eigenvalue weighted by atomic mass is 16.4. The molecule has 0 saturated heterocycles.